The standard InChI is InChI=1S/C24H28N4O2S/c1-17(2)19-8-10-20(11-9-19)22(29)25-21(16-18-6-4-3-5-7-18)23-26-27-24(30-23)28-12-14-31-15-13-28/h3-11,17,21H,12-16H2,1-2H3,(H,25,29)/t21-/m1/s1. The van der Waals surface area contributed by atoms with Crippen LogP contribution in [0.5, 0.6) is 0 Å². The van der Waals surface area contributed by atoms with E-state index in [0.29, 0.717) is 29.8 Å². The zero-order valence-electron chi connectivity index (χ0n) is 18.0. The molecule has 7 heteroatoms. The van der Waals surface area contributed by atoms with Gasteiger partial charge in [-0.15, -0.1) is 5.10 Å². The van der Waals surface area contributed by atoms with E-state index in [1.54, 1.807) is 0 Å². The van der Waals surface area contributed by atoms with Gasteiger partial charge in [0, 0.05) is 36.6 Å². The molecule has 1 amide bonds. The molecule has 1 N–H and O–H groups in total. The lowest BCUT2D eigenvalue weighted by Gasteiger charge is -2.24. The normalized spacial score (nSPS) is 15.1. The fourth-order valence-corrected chi connectivity index (χ4v) is 4.46. The number of thioether (sulfide) groups is 1. The van der Waals surface area contributed by atoms with Gasteiger partial charge in [0.1, 0.15) is 6.04 Å². The highest BCUT2D eigenvalue weighted by atomic mass is 32.2. The summed E-state index contributed by atoms with van der Waals surface area (Å²) in [7, 11) is 0. The number of hydrogen-bond acceptors (Lipinski definition) is 6. The number of amides is 1. The van der Waals surface area contributed by atoms with Gasteiger partial charge in [-0.05, 0) is 29.2 Å². The van der Waals surface area contributed by atoms with Gasteiger partial charge in [-0.25, -0.2) is 0 Å². The van der Waals surface area contributed by atoms with Crippen LogP contribution >= 0.6 is 11.8 Å². The summed E-state index contributed by atoms with van der Waals surface area (Å²) in [4.78, 5) is 15.1. The van der Waals surface area contributed by atoms with Crippen molar-refractivity contribution in [3.8, 4) is 0 Å². The topological polar surface area (TPSA) is 71.3 Å². The first-order valence-electron chi connectivity index (χ1n) is 10.7. The second kappa shape index (κ2) is 10.0. The quantitative estimate of drug-likeness (QED) is 0.590. The monoisotopic (exact) mass is 436 g/mol. The van der Waals surface area contributed by atoms with Gasteiger partial charge in [-0.1, -0.05) is 61.4 Å². The van der Waals surface area contributed by atoms with E-state index >= 15 is 0 Å². The molecule has 1 aliphatic rings. The predicted molar refractivity (Wildman–Crippen MR) is 125 cm³/mol. The van der Waals surface area contributed by atoms with Crippen molar-refractivity contribution in [1.82, 2.24) is 15.5 Å². The van der Waals surface area contributed by atoms with Crippen molar-refractivity contribution >= 4 is 23.7 Å². The lowest BCUT2D eigenvalue weighted by molar-refractivity contribution is 0.0930. The Balaban J connectivity index is 1.54. The minimum atomic E-state index is -0.403. The van der Waals surface area contributed by atoms with Crippen LogP contribution in [0.4, 0.5) is 6.01 Å². The number of carbonyl (C=O) groups excluding carboxylic acids is 1. The van der Waals surface area contributed by atoms with Crippen LogP contribution < -0.4 is 10.2 Å². The average molecular weight is 437 g/mol. The third-order valence-electron chi connectivity index (χ3n) is 5.44. The van der Waals surface area contributed by atoms with Crippen LogP contribution in [0.1, 0.15) is 53.2 Å². The van der Waals surface area contributed by atoms with E-state index in [2.05, 4.69) is 34.3 Å². The van der Waals surface area contributed by atoms with Crippen molar-refractivity contribution in [1.29, 1.82) is 0 Å². The highest BCUT2D eigenvalue weighted by Gasteiger charge is 2.24. The molecule has 1 saturated heterocycles. The summed E-state index contributed by atoms with van der Waals surface area (Å²) >= 11 is 1.93. The van der Waals surface area contributed by atoms with Gasteiger partial charge in [0.2, 0.25) is 5.89 Å². The maximum absolute atomic E-state index is 13.0. The summed E-state index contributed by atoms with van der Waals surface area (Å²) in [6, 6.07) is 17.9. The molecule has 6 nitrogen and oxygen atoms in total. The number of benzene rings is 2. The van der Waals surface area contributed by atoms with Crippen LogP contribution in [0.2, 0.25) is 0 Å². The van der Waals surface area contributed by atoms with Crippen LogP contribution in [-0.2, 0) is 6.42 Å². The summed E-state index contributed by atoms with van der Waals surface area (Å²) < 4.78 is 6.02. The molecule has 0 bridgehead atoms. The molecule has 1 fully saturated rings. The van der Waals surface area contributed by atoms with Crippen LogP contribution in [0.3, 0.4) is 0 Å². The molecule has 2 heterocycles. The first-order chi connectivity index (χ1) is 15.1. The average Bonchev–Trinajstić information content (AvgIpc) is 3.30. The predicted octanol–water partition coefficient (Wildman–Crippen LogP) is 4.46. The second-order valence-corrected chi connectivity index (χ2v) is 9.24. The lowest BCUT2D eigenvalue weighted by Crippen LogP contribution is -2.32. The van der Waals surface area contributed by atoms with Crippen molar-refractivity contribution in [2.24, 2.45) is 0 Å². The van der Waals surface area contributed by atoms with Crippen molar-refractivity contribution in [2.75, 3.05) is 29.5 Å². The van der Waals surface area contributed by atoms with Gasteiger partial charge < -0.3 is 14.6 Å². The Kier molecular flexibility index (Phi) is 6.92. The molecule has 31 heavy (non-hydrogen) atoms. The molecule has 0 radical (unpaired) electrons. The maximum atomic E-state index is 13.0. The number of nitrogens with one attached hydrogen (secondary N) is 1. The van der Waals surface area contributed by atoms with Gasteiger partial charge in [0.25, 0.3) is 5.91 Å². The molecule has 2 aromatic carbocycles. The Labute approximate surface area is 187 Å². The highest BCUT2D eigenvalue weighted by Crippen LogP contribution is 2.24. The molecular formula is C24H28N4O2S. The summed E-state index contributed by atoms with van der Waals surface area (Å²) in [6.45, 7) is 6.06. The van der Waals surface area contributed by atoms with E-state index in [-0.39, 0.29) is 5.91 Å². The van der Waals surface area contributed by atoms with Gasteiger partial charge in [-0.2, -0.15) is 11.8 Å². The van der Waals surface area contributed by atoms with Crippen LogP contribution in [0.15, 0.2) is 59.0 Å². The molecule has 0 unspecified atom stereocenters. The summed E-state index contributed by atoms with van der Waals surface area (Å²) in [6.07, 6.45) is 0.578. The summed E-state index contributed by atoms with van der Waals surface area (Å²) in [5, 5.41) is 11.7. The fourth-order valence-electron chi connectivity index (χ4n) is 3.56. The van der Waals surface area contributed by atoms with Crippen molar-refractivity contribution in [3.63, 3.8) is 0 Å². The number of anilines is 1. The second-order valence-electron chi connectivity index (χ2n) is 8.01. The van der Waals surface area contributed by atoms with Gasteiger partial charge in [-0.3, -0.25) is 4.79 Å². The number of carbonyl (C=O) groups is 1. The van der Waals surface area contributed by atoms with Crippen LogP contribution in [0, 0.1) is 0 Å². The Morgan fingerprint density at radius 1 is 1.06 bits per heavy atom. The molecule has 1 aromatic heterocycles. The van der Waals surface area contributed by atoms with Gasteiger partial charge in [0.05, 0.1) is 0 Å². The minimum Gasteiger partial charge on any atom is -0.406 e. The van der Waals surface area contributed by atoms with Crippen molar-refractivity contribution in [3.05, 3.63) is 77.2 Å². The molecule has 1 aliphatic heterocycles. The molecule has 0 spiro atoms. The van der Waals surface area contributed by atoms with Gasteiger partial charge in [0.15, 0.2) is 0 Å². The molecule has 0 aliphatic carbocycles. The van der Waals surface area contributed by atoms with E-state index in [9.17, 15) is 4.79 Å². The molecule has 4 rings (SSSR count). The Morgan fingerprint density at radius 2 is 1.77 bits per heavy atom. The van der Waals surface area contributed by atoms with Gasteiger partial charge >= 0.3 is 6.01 Å². The largest absolute Gasteiger partial charge is 0.406 e. The molecule has 162 valence electrons. The summed E-state index contributed by atoms with van der Waals surface area (Å²) in [5.74, 6) is 2.81. The van der Waals surface area contributed by atoms with E-state index in [1.165, 1.54) is 5.56 Å². The third kappa shape index (κ3) is 5.47. The molecule has 1 atom stereocenters. The Bertz CT molecular complexity index is 982. The van der Waals surface area contributed by atoms with E-state index < -0.39 is 6.04 Å². The third-order valence-corrected chi connectivity index (χ3v) is 6.38. The fraction of sp³-hybridized carbons (Fsp3) is 0.375. The number of aromatic nitrogens is 2. The lowest BCUT2D eigenvalue weighted by atomic mass is 10.0. The molecule has 3 aromatic rings. The summed E-state index contributed by atoms with van der Waals surface area (Å²) in [5.41, 5.74) is 2.92. The van der Waals surface area contributed by atoms with Crippen molar-refractivity contribution in [2.45, 2.75) is 32.2 Å². The Hall–Kier alpha value is -2.80. The van der Waals surface area contributed by atoms with Crippen molar-refractivity contribution < 1.29 is 9.21 Å². The Morgan fingerprint density at radius 3 is 2.45 bits per heavy atom. The number of nitrogens with zero attached hydrogens (tertiary/aromatic N) is 3. The van der Waals surface area contributed by atoms with Crippen LogP contribution in [0.25, 0.3) is 0 Å². The first kappa shape index (κ1) is 21.4. The number of hydrogen-bond donors (Lipinski definition) is 1. The highest BCUT2D eigenvalue weighted by molar-refractivity contribution is 7.99. The molecular weight excluding hydrogens is 408 g/mol. The first-order valence-corrected chi connectivity index (χ1v) is 11.9. The van der Waals surface area contributed by atoms with E-state index in [4.69, 9.17) is 4.42 Å². The smallest absolute Gasteiger partial charge is 0.318 e. The minimum absolute atomic E-state index is 0.148. The maximum Gasteiger partial charge on any atom is 0.318 e. The van der Waals surface area contributed by atoms with E-state index in [1.807, 2.05) is 66.4 Å². The molecule has 0 saturated carbocycles. The zero-order valence-corrected chi connectivity index (χ0v) is 18.8. The SMILES string of the molecule is CC(C)c1ccc(C(=O)N[C@H](Cc2ccccc2)c2nnc(N3CCSCC3)o2)cc1. The van der Waals surface area contributed by atoms with E-state index in [0.717, 1.165) is 30.2 Å². The van der Waals surface area contributed by atoms with Crippen LogP contribution in [-0.4, -0.2) is 40.7 Å². The zero-order chi connectivity index (χ0) is 21.6. The number of rotatable bonds is 7.